The van der Waals surface area contributed by atoms with Gasteiger partial charge < -0.3 is 40.1 Å². The molecule has 0 saturated heterocycles. The average molecular weight is 629 g/mol. The van der Waals surface area contributed by atoms with Gasteiger partial charge in [-0.15, -0.1) is 0 Å². The maximum absolute atomic E-state index is 13.6. The summed E-state index contributed by atoms with van der Waals surface area (Å²) in [4.78, 5) is 43.0. The number of anilines is 3. The Labute approximate surface area is 267 Å². The third kappa shape index (κ3) is 7.23. The minimum atomic E-state index is -0.497. The monoisotopic (exact) mass is 628 g/mol. The van der Waals surface area contributed by atoms with Gasteiger partial charge in [-0.25, -0.2) is 9.59 Å². The molecule has 1 aliphatic rings. The van der Waals surface area contributed by atoms with Gasteiger partial charge in [0.05, 0.1) is 31.3 Å². The molecule has 4 N–H and O–H groups in total. The van der Waals surface area contributed by atoms with Gasteiger partial charge in [0.2, 0.25) is 5.91 Å². The lowest BCUT2D eigenvalue weighted by molar-refractivity contribution is -0.134. The molecular weight excluding hydrogens is 588 g/mol. The molecule has 3 aromatic carbocycles. The molecule has 0 spiro atoms. The van der Waals surface area contributed by atoms with Crippen molar-refractivity contribution in [2.45, 2.75) is 46.3 Å². The average Bonchev–Trinajstić information content (AvgIpc) is 3.37. The Bertz CT molecular complexity index is 1710. The maximum Gasteiger partial charge on any atom is 0.323 e. The lowest BCUT2D eigenvalue weighted by atomic mass is 10.0. The van der Waals surface area contributed by atoms with Gasteiger partial charge in [0.15, 0.2) is 5.76 Å². The van der Waals surface area contributed by atoms with Crippen molar-refractivity contribution >= 4 is 45.8 Å². The van der Waals surface area contributed by atoms with Gasteiger partial charge in [-0.1, -0.05) is 48.5 Å². The van der Waals surface area contributed by atoms with Gasteiger partial charge in [-0.2, -0.15) is 0 Å². The third-order valence-electron chi connectivity index (χ3n) is 8.28. The number of hydrogen-bond donors (Lipinski definition) is 4. The molecule has 4 aromatic rings. The maximum atomic E-state index is 13.6. The number of nitrogens with zero attached hydrogens (tertiary/aromatic N) is 3. The summed E-state index contributed by atoms with van der Waals surface area (Å²) in [7, 11) is 1.70. The Morgan fingerprint density at radius 1 is 1.09 bits per heavy atom. The number of nitrogens with one attached hydrogen (secondary N) is 3. The molecule has 12 heteroatoms. The summed E-state index contributed by atoms with van der Waals surface area (Å²) in [5.74, 6) is 0.576. The molecule has 46 heavy (non-hydrogen) atoms. The molecule has 12 nitrogen and oxygen atoms in total. The van der Waals surface area contributed by atoms with Gasteiger partial charge in [0.1, 0.15) is 23.2 Å². The van der Waals surface area contributed by atoms with Crippen molar-refractivity contribution in [1.29, 1.82) is 0 Å². The first kappa shape index (κ1) is 32.3. The highest BCUT2D eigenvalue weighted by atomic mass is 16.5. The number of fused-ring (bicyclic) bond motifs is 2. The normalized spacial score (nSPS) is 17.2. The number of aliphatic hydroxyl groups excluding tert-OH is 1. The number of urea groups is 2. The molecule has 3 atom stereocenters. The molecule has 0 radical (unpaired) electrons. The molecule has 0 aliphatic carbocycles. The molecule has 0 bridgehead atoms. The minimum absolute atomic E-state index is 0.00245. The number of carbonyl (C=O) groups is 3. The van der Waals surface area contributed by atoms with E-state index in [0.29, 0.717) is 46.4 Å². The van der Waals surface area contributed by atoms with Gasteiger partial charge in [0, 0.05) is 36.1 Å². The molecule has 1 aromatic heterocycles. The molecule has 0 saturated carbocycles. The molecule has 5 amide bonds. The summed E-state index contributed by atoms with van der Waals surface area (Å²) in [5.41, 5.74) is 2.76. The SMILES string of the molecule is Cc1noc(C)c1NC(=O)Nc1ccc2c(c1)CC(=O)N([C@@H](C)CO)C[C@H](C)[C@@H](CN(C)C(=O)Nc1cccc3ccccc13)O2. The quantitative estimate of drug-likeness (QED) is 0.214. The zero-order valence-corrected chi connectivity index (χ0v) is 26.7. The molecule has 0 unspecified atom stereocenters. The Hall–Kier alpha value is -5.10. The van der Waals surface area contributed by atoms with Crippen molar-refractivity contribution in [3.05, 3.63) is 77.7 Å². The smallest absolute Gasteiger partial charge is 0.323 e. The summed E-state index contributed by atoms with van der Waals surface area (Å²) in [6, 6.07) is 17.5. The molecule has 2 heterocycles. The van der Waals surface area contributed by atoms with E-state index in [-0.39, 0.29) is 37.4 Å². The number of aryl methyl sites for hydroxylation is 2. The Morgan fingerprint density at radius 3 is 2.59 bits per heavy atom. The first-order valence-corrected chi connectivity index (χ1v) is 15.2. The number of aromatic nitrogens is 1. The summed E-state index contributed by atoms with van der Waals surface area (Å²) in [5, 5.41) is 24.3. The van der Waals surface area contributed by atoms with Crippen LogP contribution in [0.1, 0.15) is 30.9 Å². The highest BCUT2D eigenvalue weighted by Gasteiger charge is 2.32. The molecular formula is C34H40N6O6. The van der Waals surface area contributed by atoms with E-state index in [1.54, 1.807) is 55.8 Å². The van der Waals surface area contributed by atoms with E-state index in [9.17, 15) is 19.5 Å². The lowest BCUT2D eigenvalue weighted by Crippen LogP contribution is -2.48. The topological polar surface area (TPSA) is 149 Å². The Balaban J connectivity index is 1.37. The Kier molecular flexibility index (Phi) is 9.76. The molecule has 5 rings (SSSR count). The number of hydrogen-bond acceptors (Lipinski definition) is 7. The third-order valence-corrected chi connectivity index (χ3v) is 8.28. The van der Waals surface area contributed by atoms with E-state index >= 15 is 0 Å². The highest BCUT2D eigenvalue weighted by molar-refractivity contribution is 6.02. The van der Waals surface area contributed by atoms with Crippen LogP contribution in [0.3, 0.4) is 0 Å². The zero-order valence-electron chi connectivity index (χ0n) is 26.7. The minimum Gasteiger partial charge on any atom is -0.488 e. The summed E-state index contributed by atoms with van der Waals surface area (Å²) in [6.07, 6.45) is -0.500. The number of amides is 5. The van der Waals surface area contributed by atoms with Gasteiger partial charge in [-0.3, -0.25) is 4.79 Å². The second-order valence-corrected chi connectivity index (χ2v) is 11.8. The van der Waals surface area contributed by atoms with Crippen LogP contribution in [-0.2, 0) is 11.2 Å². The van der Waals surface area contributed by atoms with Crippen molar-refractivity contribution in [2.24, 2.45) is 5.92 Å². The van der Waals surface area contributed by atoms with Crippen LogP contribution < -0.4 is 20.7 Å². The number of likely N-dealkylation sites (N-methyl/N-ethyl adjacent to an activating group) is 1. The van der Waals surface area contributed by atoms with E-state index in [1.165, 1.54) is 0 Å². The second-order valence-electron chi connectivity index (χ2n) is 11.8. The standard InChI is InChI=1S/C34H40N6O6/c1-20-17-40(21(2)19-41)31(42)16-25-15-26(35-33(43)37-32-22(3)38-46-23(32)4)13-14-29(25)45-30(20)18-39(5)34(44)36-28-12-8-10-24-9-6-7-11-27(24)28/h6-15,20-21,30,41H,16-19H2,1-5H3,(H,36,44)(H2,35,37,43)/t20-,21-,30+/m0/s1. The van der Waals surface area contributed by atoms with Crippen LogP contribution in [0.25, 0.3) is 10.8 Å². The fraction of sp³-hybridized carbons (Fsp3) is 0.353. The number of carbonyl (C=O) groups excluding carboxylic acids is 3. The second kappa shape index (κ2) is 13.9. The van der Waals surface area contributed by atoms with Crippen LogP contribution in [0.5, 0.6) is 5.75 Å². The van der Waals surface area contributed by atoms with Gasteiger partial charge in [0.25, 0.3) is 0 Å². The van der Waals surface area contributed by atoms with Crippen LogP contribution in [-0.4, -0.2) is 76.9 Å². The van der Waals surface area contributed by atoms with E-state index in [4.69, 9.17) is 9.26 Å². The van der Waals surface area contributed by atoms with Crippen LogP contribution in [0.4, 0.5) is 26.7 Å². The van der Waals surface area contributed by atoms with E-state index in [0.717, 1.165) is 10.8 Å². The van der Waals surface area contributed by atoms with E-state index in [2.05, 4.69) is 21.1 Å². The zero-order chi connectivity index (χ0) is 33.0. The fourth-order valence-corrected chi connectivity index (χ4v) is 5.56. The van der Waals surface area contributed by atoms with Gasteiger partial charge in [-0.05, 0) is 50.4 Å². The highest BCUT2D eigenvalue weighted by Crippen LogP contribution is 2.30. The number of benzene rings is 3. The molecule has 242 valence electrons. The van der Waals surface area contributed by atoms with Crippen molar-refractivity contribution in [3.8, 4) is 5.75 Å². The van der Waals surface area contributed by atoms with Crippen molar-refractivity contribution in [2.75, 3.05) is 42.7 Å². The molecule has 1 aliphatic heterocycles. The van der Waals surface area contributed by atoms with Crippen LogP contribution in [0.15, 0.2) is 65.2 Å². The summed E-state index contributed by atoms with van der Waals surface area (Å²) in [6.45, 7) is 7.54. The fourth-order valence-electron chi connectivity index (χ4n) is 5.56. The largest absolute Gasteiger partial charge is 0.488 e. The molecule has 0 fully saturated rings. The van der Waals surface area contributed by atoms with Crippen LogP contribution >= 0.6 is 0 Å². The summed E-state index contributed by atoms with van der Waals surface area (Å²) >= 11 is 0. The van der Waals surface area contributed by atoms with Crippen molar-refractivity contribution in [1.82, 2.24) is 15.0 Å². The van der Waals surface area contributed by atoms with E-state index in [1.807, 2.05) is 49.4 Å². The van der Waals surface area contributed by atoms with Crippen LogP contribution in [0.2, 0.25) is 0 Å². The summed E-state index contributed by atoms with van der Waals surface area (Å²) < 4.78 is 11.7. The van der Waals surface area contributed by atoms with Crippen LogP contribution in [0, 0.1) is 19.8 Å². The first-order chi connectivity index (χ1) is 22.0. The number of aliphatic hydroxyl groups is 1. The lowest BCUT2D eigenvalue weighted by Gasteiger charge is -2.34. The van der Waals surface area contributed by atoms with Crippen molar-refractivity contribution < 1.29 is 28.8 Å². The predicted octanol–water partition coefficient (Wildman–Crippen LogP) is 5.40. The predicted molar refractivity (Wildman–Crippen MR) is 176 cm³/mol. The number of ether oxygens (including phenoxy) is 1. The number of rotatable bonds is 7. The van der Waals surface area contributed by atoms with Gasteiger partial charge >= 0.3 is 12.1 Å². The first-order valence-electron chi connectivity index (χ1n) is 15.2. The van der Waals surface area contributed by atoms with Crippen molar-refractivity contribution in [3.63, 3.8) is 0 Å². The van der Waals surface area contributed by atoms with E-state index < -0.39 is 18.2 Å². The Morgan fingerprint density at radius 2 is 1.85 bits per heavy atom.